The second kappa shape index (κ2) is 11.0. The maximum Gasteiger partial charge on any atom is 0.387 e. The van der Waals surface area contributed by atoms with E-state index in [-0.39, 0.29) is 11.7 Å². The zero-order valence-corrected chi connectivity index (χ0v) is 19.1. The minimum absolute atomic E-state index is 0.0670. The maximum absolute atomic E-state index is 12.2. The van der Waals surface area contributed by atoms with Crippen molar-refractivity contribution in [2.24, 2.45) is 5.92 Å². The molecule has 2 N–H and O–H groups in total. The number of anilines is 2. The zero-order valence-electron chi connectivity index (χ0n) is 17.5. The Morgan fingerprint density at radius 1 is 1.19 bits per heavy atom. The molecule has 0 amide bonds. The van der Waals surface area contributed by atoms with Crippen LogP contribution < -0.4 is 15.4 Å². The van der Waals surface area contributed by atoms with Crippen molar-refractivity contribution < 1.29 is 18.3 Å². The van der Waals surface area contributed by atoms with Crippen LogP contribution in [-0.2, 0) is 4.74 Å². The highest BCUT2D eigenvalue weighted by atomic mass is 32.2. The summed E-state index contributed by atoms with van der Waals surface area (Å²) in [5.41, 5.74) is 0.981. The Hall–Kier alpha value is -2.28. The van der Waals surface area contributed by atoms with E-state index in [1.54, 1.807) is 23.3 Å². The number of thiazole rings is 1. The molecular formula is C20H24F2N6O2S2. The molecule has 1 aliphatic rings. The van der Waals surface area contributed by atoms with Crippen molar-refractivity contribution in [2.75, 3.05) is 50.0 Å². The topological polar surface area (TPSA) is 84.4 Å². The SMILES string of the molecule is CC(CNc1ncc(OC(F)F)cn1)CNc1nc2ccc(SN3CCOCC3)cc2s1. The molecule has 1 aromatic carbocycles. The molecule has 1 saturated heterocycles. The first-order valence-corrected chi connectivity index (χ1v) is 11.8. The van der Waals surface area contributed by atoms with Gasteiger partial charge in [-0.1, -0.05) is 18.3 Å². The summed E-state index contributed by atoms with van der Waals surface area (Å²) in [6.45, 7) is 3.95. The van der Waals surface area contributed by atoms with E-state index in [4.69, 9.17) is 4.74 Å². The monoisotopic (exact) mass is 482 g/mol. The molecule has 32 heavy (non-hydrogen) atoms. The number of aromatic nitrogens is 3. The Morgan fingerprint density at radius 3 is 2.69 bits per heavy atom. The van der Waals surface area contributed by atoms with Crippen molar-refractivity contribution in [3.05, 3.63) is 30.6 Å². The number of benzene rings is 1. The summed E-state index contributed by atoms with van der Waals surface area (Å²) in [6.07, 6.45) is 2.44. The number of nitrogens with one attached hydrogen (secondary N) is 2. The zero-order chi connectivity index (χ0) is 22.3. The van der Waals surface area contributed by atoms with E-state index in [1.807, 2.05) is 0 Å². The Morgan fingerprint density at radius 2 is 1.94 bits per heavy atom. The Labute approximate surface area is 192 Å². The van der Waals surface area contributed by atoms with Gasteiger partial charge in [0.25, 0.3) is 0 Å². The number of hydrogen-bond acceptors (Lipinski definition) is 10. The second-order valence-electron chi connectivity index (χ2n) is 7.27. The van der Waals surface area contributed by atoms with Crippen molar-refractivity contribution in [3.8, 4) is 5.75 Å². The molecule has 1 aliphatic heterocycles. The summed E-state index contributed by atoms with van der Waals surface area (Å²) in [4.78, 5) is 13.8. The van der Waals surface area contributed by atoms with E-state index in [2.05, 4.69) is 59.8 Å². The molecule has 8 nitrogen and oxygen atoms in total. The summed E-state index contributed by atoms with van der Waals surface area (Å²) >= 11 is 3.40. The molecule has 2 aromatic heterocycles. The molecule has 3 heterocycles. The van der Waals surface area contributed by atoms with Crippen LogP contribution in [0.3, 0.4) is 0 Å². The number of hydrogen-bond donors (Lipinski definition) is 2. The lowest BCUT2D eigenvalue weighted by atomic mass is 10.2. The minimum Gasteiger partial charge on any atom is -0.432 e. The van der Waals surface area contributed by atoms with Crippen LogP contribution in [0.4, 0.5) is 19.9 Å². The van der Waals surface area contributed by atoms with Gasteiger partial charge in [-0.25, -0.2) is 19.3 Å². The van der Waals surface area contributed by atoms with E-state index in [9.17, 15) is 8.78 Å². The lowest BCUT2D eigenvalue weighted by molar-refractivity contribution is -0.0503. The quantitative estimate of drug-likeness (QED) is 0.413. The fourth-order valence-corrected chi connectivity index (χ4v) is 4.91. The van der Waals surface area contributed by atoms with Gasteiger partial charge in [-0.15, -0.1) is 0 Å². The molecule has 0 bridgehead atoms. The van der Waals surface area contributed by atoms with E-state index < -0.39 is 6.61 Å². The van der Waals surface area contributed by atoms with E-state index in [0.717, 1.165) is 48.2 Å². The summed E-state index contributed by atoms with van der Waals surface area (Å²) in [5.74, 6) is 0.557. The molecule has 3 aromatic rings. The molecule has 172 valence electrons. The highest BCUT2D eigenvalue weighted by molar-refractivity contribution is 7.97. The Kier molecular flexibility index (Phi) is 7.90. The van der Waals surface area contributed by atoms with Gasteiger partial charge in [-0.3, -0.25) is 0 Å². The van der Waals surface area contributed by atoms with Gasteiger partial charge in [0.2, 0.25) is 5.95 Å². The van der Waals surface area contributed by atoms with E-state index >= 15 is 0 Å². The van der Waals surface area contributed by atoms with Crippen LogP contribution in [-0.4, -0.2) is 65.3 Å². The number of fused-ring (bicyclic) bond motifs is 1. The Balaban J connectivity index is 1.25. The van der Waals surface area contributed by atoms with Gasteiger partial charge in [0, 0.05) is 31.1 Å². The van der Waals surface area contributed by atoms with Gasteiger partial charge >= 0.3 is 6.61 Å². The largest absolute Gasteiger partial charge is 0.432 e. The van der Waals surface area contributed by atoms with Gasteiger partial charge in [-0.2, -0.15) is 8.78 Å². The fraction of sp³-hybridized carbons (Fsp3) is 0.450. The molecule has 0 aliphatic carbocycles. The summed E-state index contributed by atoms with van der Waals surface area (Å²) in [7, 11) is 0. The van der Waals surface area contributed by atoms with Crippen LogP contribution in [0.1, 0.15) is 6.92 Å². The number of ether oxygens (including phenoxy) is 2. The summed E-state index contributed by atoms with van der Waals surface area (Å²) in [5, 5.41) is 7.37. The third-order valence-electron chi connectivity index (χ3n) is 4.63. The average molecular weight is 483 g/mol. The van der Waals surface area contributed by atoms with Crippen LogP contribution in [0.15, 0.2) is 35.5 Å². The van der Waals surface area contributed by atoms with Crippen LogP contribution in [0.5, 0.6) is 5.75 Å². The van der Waals surface area contributed by atoms with Crippen LogP contribution >= 0.6 is 23.3 Å². The standard InChI is InChI=1S/C20H24F2N6O2S2/c1-13(9-23-19-24-11-14(12-25-19)30-18(21)22)10-26-20-27-16-3-2-15(8-17(16)31-20)32-28-4-6-29-7-5-28/h2-3,8,11-13,18H,4-7,9-10H2,1H3,(H,26,27)(H,23,24,25). The number of halogens is 2. The first-order chi connectivity index (χ1) is 15.5. The molecule has 1 fully saturated rings. The van der Waals surface area contributed by atoms with Crippen LogP contribution in [0, 0.1) is 5.92 Å². The maximum atomic E-state index is 12.2. The predicted octanol–water partition coefficient (Wildman–Crippen LogP) is 4.19. The van der Waals surface area contributed by atoms with Gasteiger partial charge in [0.15, 0.2) is 10.9 Å². The molecular weight excluding hydrogens is 458 g/mol. The molecule has 0 spiro atoms. The molecule has 12 heteroatoms. The number of nitrogens with zero attached hydrogens (tertiary/aromatic N) is 4. The van der Waals surface area contributed by atoms with Crippen molar-refractivity contribution in [1.29, 1.82) is 0 Å². The average Bonchev–Trinajstić information content (AvgIpc) is 3.20. The first kappa shape index (κ1) is 22.9. The molecule has 0 radical (unpaired) electrons. The first-order valence-electron chi connectivity index (χ1n) is 10.2. The van der Waals surface area contributed by atoms with Crippen molar-refractivity contribution in [2.45, 2.75) is 18.4 Å². The summed E-state index contributed by atoms with van der Waals surface area (Å²) in [6, 6.07) is 6.35. The molecule has 4 rings (SSSR count). The number of alkyl halides is 2. The highest BCUT2D eigenvalue weighted by Crippen LogP contribution is 2.31. The smallest absolute Gasteiger partial charge is 0.387 e. The van der Waals surface area contributed by atoms with Gasteiger partial charge in [0.1, 0.15) is 0 Å². The van der Waals surface area contributed by atoms with Gasteiger partial charge in [-0.05, 0) is 36.1 Å². The highest BCUT2D eigenvalue weighted by Gasteiger charge is 2.13. The second-order valence-corrected chi connectivity index (χ2v) is 9.47. The third-order valence-corrected chi connectivity index (χ3v) is 6.69. The van der Waals surface area contributed by atoms with Crippen molar-refractivity contribution >= 4 is 44.6 Å². The van der Waals surface area contributed by atoms with Gasteiger partial charge < -0.3 is 20.1 Å². The number of rotatable bonds is 10. The minimum atomic E-state index is -2.89. The van der Waals surface area contributed by atoms with Crippen molar-refractivity contribution in [3.63, 3.8) is 0 Å². The molecule has 1 atom stereocenters. The number of morpholine rings is 1. The Bertz CT molecular complexity index is 1000. The molecule has 1 unspecified atom stereocenters. The lowest BCUT2D eigenvalue weighted by Crippen LogP contribution is -2.30. The van der Waals surface area contributed by atoms with E-state index in [0.29, 0.717) is 12.5 Å². The van der Waals surface area contributed by atoms with Crippen LogP contribution in [0.25, 0.3) is 10.2 Å². The van der Waals surface area contributed by atoms with Gasteiger partial charge in [0.05, 0.1) is 35.8 Å². The normalized spacial score (nSPS) is 15.8. The predicted molar refractivity (Wildman–Crippen MR) is 123 cm³/mol. The van der Waals surface area contributed by atoms with Crippen LogP contribution in [0.2, 0.25) is 0 Å². The third kappa shape index (κ3) is 6.61. The van der Waals surface area contributed by atoms with Crippen molar-refractivity contribution in [1.82, 2.24) is 19.3 Å². The molecule has 0 saturated carbocycles. The van der Waals surface area contributed by atoms with E-state index in [1.165, 1.54) is 17.3 Å². The lowest BCUT2D eigenvalue weighted by Gasteiger charge is -2.25. The fourth-order valence-electron chi connectivity index (χ4n) is 2.99. The summed E-state index contributed by atoms with van der Waals surface area (Å²) < 4.78 is 37.5.